The normalized spacial score (nSPS) is 15.5. The van der Waals surface area contributed by atoms with Gasteiger partial charge >= 0.3 is 5.97 Å². The van der Waals surface area contributed by atoms with Crippen LogP contribution >= 0.6 is 11.6 Å². The number of esters is 1. The third-order valence-electron chi connectivity index (χ3n) is 4.70. The Balaban J connectivity index is 1.52. The van der Waals surface area contributed by atoms with E-state index in [4.69, 9.17) is 21.1 Å². The fourth-order valence-corrected chi connectivity index (χ4v) is 3.24. The van der Waals surface area contributed by atoms with Crippen molar-refractivity contribution in [3.63, 3.8) is 0 Å². The maximum atomic E-state index is 12.3. The highest BCUT2D eigenvalue weighted by Gasteiger charge is 2.23. The number of benzene rings is 2. The number of anilines is 1. The maximum absolute atomic E-state index is 12.3. The Kier molecular flexibility index (Phi) is 6.93. The summed E-state index contributed by atoms with van der Waals surface area (Å²) in [4.78, 5) is 24.5. The average molecular weight is 402 g/mol. The number of amides is 1. The second kappa shape index (κ2) is 9.60. The topological polar surface area (TPSA) is 64.6 Å². The zero-order chi connectivity index (χ0) is 19.9. The number of carbonyl (C=O) groups excluding carboxylic acids is 2. The molecule has 1 aliphatic carbocycles. The van der Waals surface area contributed by atoms with Gasteiger partial charge in [0.2, 0.25) is 0 Å². The molecule has 1 aliphatic rings. The van der Waals surface area contributed by atoms with Crippen molar-refractivity contribution in [3.8, 4) is 5.75 Å². The Morgan fingerprint density at radius 1 is 1.00 bits per heavy atom. The van der Waals surface area contributed by atoms with Crippen LogP contribution in [0.2, 0.25) is 5.02 Å². The van der Waals surface area contributed by atoms with Crippen LogP contribution in [0.3, 0.4) is 0 Å². The zero-order valence-electron chi connectivity index (χ0n) is 15.8. The van der Waals surface area contributed by atoms with E-state index in [1.54, 1.807) is 55.5 Å². The van der Waals surface area contributed by atoms with Crippen LogP contribution in [-0.4, -0.2) is 24.1 Å². The van der Waals surface area contributed by atoms with Gasteiger partial charge in [-0.3, -0.25) is 4.79 Å². The van der Waals surface area contributed by atoms with Gasteiger partial charge in [0.25, 0.3) is 5.91 Å². The molecule has 148 valence electrons. The Hall–Kier alpha value is -2.53. The first-order valence-corrected chi connectivity index (χ1v) is 9.93. The molecule has 0 saturated heterocycles. The summed E-state index contributed by atoms with van der Waals surface area (Å²) in [5.74, 6) is -0.0776. The Labute approximate surface area is 170 Å². The summed E-state index contributed by atoms with van der Waals surface area (Å²) >= 11 is 5.84. The second-order valence-corrected chi connectivity index (χ2v) is 7.38. The molecule has 1 N–H and O–H groups in total. The number of nitrogens with one attached hydrogen (secondary N) is 1. The summed E-state index contributed by atoms with van der Waals surface area (Å²) in [5.41, 5.74) is 1.15. The number of carbonyl (C=O) groups is 2. The summed E-state index contributed by atoms with van der Waals surface area (Å²) in [6.45, 7) is 1.67. The number of hydrogen-bond acceptors (Lipinski definition) is 4. The molecule has 6 heteroatoms. The van der Waals surface area contributed by atoms with E-state index in [-0.39, 0.29) is 18.0 Å². The third-order valence-corrected chi connectivity index (χ3v) is 4.95. The zero-order valence-corrected chi connectivity index (χ0v) is 16.6. The van der Waals surface area contributed by atoms with Gasteiger partial charge in [0.15, 0.2) is 6.10 Å². The van der Waals surface area contributed by atoms with E-state index < -0.39 is 6.10 Å². The van der Waals surface area contributed by atoms with Crippen molar-refractivity contribution in [1.82, 2.24) is 0 Å². The summed E-state index contributed by atoms with van der Waals surface area (Å²) in [6.07, 6.45) is 4.57. The molecule has 1 atom stereocenters. The van der Waals surface area contributed by atoms with E-state index >= 15 is 0 Å². The van der Waals surface area contributed by atoms with Crippen LogP contribution in [0, 0.1) is 0 Å². The van der Waals surface area contributed by atoms with Crippen LogP contribution in [0.5, 0.6) is 5.75 Å². The quantitative estimate of drug-likeness (QED) is 0.672. The van der Waals surface area contributed by atoms with E-state index in [9.17, 15) is 9.59 Å². The SMILES string of the molecule is C[C@@H](Oc1ccc(C(=O)Nc2ccc(Cl)cc2)cc1)C(=O)OC1CCCCC1. The van der Waals surface area contributed by atoms with Gasteiger partial charge < -0.3 is 14.8 Å². The molecule has 1 amide bonds. The van der Waals surface area contributed by atoms with Crippen LogP contribution in [0.15, 0.2) is 48.5 Å². The van der Waals surface area contributed by atoms with Gasteiger partial charge in [0, 0.05) is 16.3 Å². The van der Waals surface area contributed by atoms with Gasteiger partial charge in [-0.25, -0.2) is 4.79 Å². The van der Waals surface area contributed by atoms with Crippen molar-refractivity contribution in [2.24, 2.45) is 0 Å². The Morgan fingerprint density at radius 3 is 2.29 bits per heavy atom. The van der Waals surface area contributed by atoms with Crippen LogP contribution in [0.4, 0.5) is 5.69 Å². The monoisotopic (exact) mass is 401 g/mol. The lowest BCUT2D eigenvalue weighted by molar-refractivity contribution is -0.158. The number of halogens is 1. The second-order valence-electron chi connectivity index (χ2n) is 6.94. The van der Waals surface area contributed by atoms with E-state index in [1.165, 1.54) is 6.42 Å². The molecule has 2 aromatic carbocycles. The molecule has 1 fully saturated rings. The fraction of sp³-hybridized carbons (Fsp3) is 0.364. The van der Waals surface area contributed by atoms with Crippen LogP contribution in [0.1, 0.15) is 49.4 Å². The maximum Gasteiger partial charge on any atom is 0.347 e. The van der Waals surface area contributed by atoms with E-state index in [1.807, 2.05) is 0 Å². The molecule has 0 heterocycles. The molecule has 0 aromatic heterocycles. The Bertz CT molecular complexity index is 798. The lowest BCUT2D eigenvalue weighted by Gasteiger charge is -2.23. The molecule has 0 bridgehead atoms. The van der Waals surface area contributed by atoms with Crippen molar-refractivity contribution >= 4 is 29.2 Å². The van der Waals surface area contributed by atoms with Gasteiger partial charge in [-0.1, -0.05) is 18.0 Å². The highest BCUT2D eigenvalue weighted by molar-refractivity contribution is 6.30. The molecule has 5 nitrogen and oxygen atoms in total. The largest absolute Gasteiger partial charge is 0.479 e. The summed E-state index contributed by atoms with van der Waals surface area (Å²) in [6, 6.07) is 13.5. The lowest BCUT2D eigenvalue weighted by atomic mass is 9.98. The van der Waals surface area contributed by atoms with Gasteiger partial charge in [0.05, 0.1) is 0 Å². The molecule has 2 aromatic rings. The first-order chi connectivity index (χ1) is 13.5. The molecule has 0 radical (unpaired) electrons. The molecule has 0 spiro atoms. The van der Waals surface area contributed by atoms with Crippen molar-refractivity contribution < 1.29 is 19.1 Å². The minimum Gasteiger partial charge on any atom is -0.479 e. The molecule has 1 saturated carbocycles. The summed E-state index contributed by atoms with van der Waals surface area (Å²) in [5, 5.41) is 3.40. The minimum atomic E-state index is -0.698. The smallest absolute Gasteiger partial charge is 0.347 e. The highest BCUT2D eigenvalue weighted by Crippen LogP contribution is 2.22. The predicted molar refractivity (Wildman–Crippen MR) is 109 cm³/mol. The van der Waals surface area contributed by atoms with Crippen molar-refractivity contribution in [1.29, 1.82) is 0 Å². The van der Waals surface area contributed by atoms with Crippen molar-refractivity contribution in [2.45, 2.75) is 51.2 Å². The van der Waals surface area contributed by atoms with Crippen LogP contribution < -0.4 is 10.1 Å². The number of rotatable bonds is 6. The van der Waals surface area contributed by atoms with Crippen LogP contribution in [0.25, 0.3) is 0 Å². The van der Waals surface area contributed by atoms with E-state index in [0.29, 0.717) is 22.0 Å². The molecule has 3 rings (SSSR count). The standard InChI is InChI=1S/C22H24ClNO4/c1-15(22(26)28-19-5-3-2-4-6-19)27-20-13-7-16(8-14-20)21(25)24-18-11-9-17(23)10-12-18/h7-15,19H,2-6H2,1H3,(H,24,25)/t15-/m1/s1. The van der Waals surface area contributed by atoms with Gasteiger partial charge in [-0.05, 0) is 81.1 Å². The molecular weight excluding hydrogens is 378 g/mol. The predicted octanol–water partition coefficient (Wildman–Crippen LogP) is 5.24. The van der Waals surface area contributed by atoms with Gasteiger partial charge in [-0.15, -0.1) is 0 Å². The Morgan fingerprint density at radius 2 is 1.64 bits per heavy atom. The van der Waals surface area contributed by atoms with Crippen LogP contribution in [-0.2, 0) is 9.53 Å². The molecule has 0 unspecified atom stereocenters. The lowest BCUT2D eigenvalue weighted by Crippen LogP contribution is -2.31. The van der Waals surface area contributed by atoms with Gasteiger partial charge in [-0.2, -0.15) is 0 Å². The first kappa shape index (κ1) is 20.2. The van der Waals surface area contributed by atoms with E-state index in [0.717, 1.165) is 25.7 Å². The minimum absolute atomic E-state index is 0.00578. The molecular formula is C22H24ClNO4. The highest BCUT2D eigenvalue weighted by atomic mass is 35.5. The van der Waals surface area contributed by atoms with Crippen molar-refractivity contribution in [3.05, 3.63) is 59.1 Å². The van der Waals surface area contributed by atoms with Crippen molar-refractivity contribution in [2.75, 3.05) is 5.32 Å². The fourth-order valence-electron chi connectivity index (χ4n) is 3.12. The molecule has 28 heavy (non-hydrogen) atoms. The van der Waals surface area contributed by atoms with E-state index in [2.05, 4.69) is 5.32 Å². The summed E-state index contributed by atoms with van der Waals surface area (Å²) < 4.78 is 11.2. The number of hydrogen-bond donors (Lipinski definition) is 1. The number of ether oxygens (including phenoxy) is 2. The summed E-state index contributed by atoms with van der Waals surface area (Å²) in [7, 11) is 0. The average Bonchev–Trinajstić information content (AvgIpc) is 2.71. The first-order valence-electron chi connectivity index (χ1n) is 9.55. The van der Waals surface area contributed by atoms with Gasteiger partial charge in [0.1, 0.15) is 11.9 Å². The third kappa shape index (κ3) is 5.73. The molecule has 0 aliphatic heterocycles.